The number of ether oxygens (including phenoxy) is 1. The Labute approximate surface area is 97.7 Å². The quantitative estimate of drug-likeness (QED) is 0.772. The van der Waals surface area contributed by atoms with E-state index < -0.39 is 9.84 Å². The first-order chi connectivity index (χ1) is 7.49. The SMILES string of the molecule is CNC(CCS(C)(=O)=O)C1CC2CCC1O2. The highest BCUT2D eigenvalue weighted by Crippen LogP contribution is 2.40. The molecule has 2 heterocycles. The third-order valence-corrected chi connectivity index (χ3v) is 4.82. The Kier molecular flexibility index (Phi) is 3.56. The molecular formula is C11H21NO3S. The van der Waals surface area contributed by atoms with Crippen molar-refractivity contribution in [2.75, 3.05) is 19.1 Å². The molecule has 0 saturated carbocycles. The first kappa shape index (κ1) is 12.3. The number of hydrogen-bond donors (Lipinski definition) is 1. The van der Waals surface area contributed by atoms with Crippen LogP contribution < -0.4 is 5.32 Å². The Hall–Kier alpha value is -0.130. The molecule has 4 nitrogen and oxygen atoms in total. The minimum Gasteiger partial charge on any atom is -0.375 e. The highest BCUT2D eigenvalue weighted by molar-refractivity contribution is 7.90. The van der Waals surface area contributed by atoms with Crippen molar-refractivity contribution in [3.63, 3.8) is 0 Å². The molecule has 2 bridgehead atoms. The van der Waals surface area contributed by atoms with Gasteiger partial charge in [0.25, 0.3) is 0 Å². The minimum absolute atomic E-state index is 0.270. The summed E-state index contributed by atoms with van der Waals surface area (Å²) in [4.78, 5) is 0. The van der Waals surface area contributed by atoms with Crippen molar-refractivity contribution in [3.05, 3.63) is 0 Å². The molecule has 0 spiro atoms. The number of nitrogens with one attached hydrogen (secondary N) is 1. The van der Waals surface area contributed by atoms with Gasteiger partial charge < -0.3 is 10.1 Å². The summed E-state index contributed by atoms with van der Waals surface area (Å²) < 4.78 is 28.1. The molecular weight excluding hydrogens is 226 g/mol. The number of rotatable bonds is 5. The van der Waals surface area contributed by atoms with Crippen LogP contribution in [0, 0.1) is 5.92 Å². The third-order valence-electron chi connectivity index (χ3n) is 3.84. The second-order valence-corrected chi connectivity index (χ2v) is 7.35. The third kappa shape index (κ3) is 2.76. The lowest BCUT2D eigenvalue weighted by molar-refractivity contribution is 0.0860. The summed E-state index contributed by atoms with van der Waals surface area (Å²) in [5.74, 6) is 0.775. The molecule has 4 atom stereocenters. The summed E-state index contributed by atoms with van der Waals surface area (Å²) in [5.41, 5.74) is 0. The molecule has 2 aliphatic heterocycles. The van der Waals surface area contributed by atoms with Crippen LogP contribution in [-0.2, 0) is 14.6 Å². The molecule has 1 N–H and O–H groups in total. The van der Waals surface area contributed by atoms with Crippen molar-refractivity contribution in [1.29, 1.82) is 0 Å². The maximum absolute atomic E-state index is 11.2. The maximum Gasteiger partial charge on any atom is 0.147 e. The van der Waals surface area contributed by atoms with Gasteiger partial charge in [-0.1, -0.05) is 0 Å². The molecule has 0 amide bonds. The van der Waals surface area contributed by atoms with E-state index in [0.29, 0.717) is 24.5 Å². The zero-order valence-corrected chi connectivity index (χ0v) is 10.8. The minimum atomic E-state index is -2.85. The monoisotopic (exact) mass is 247 g/mol. The van der Waals surface area contributed by atoms with Gasteiger partial charge in [0.1, 0.15) is 9.84 Å². The summed E-state index contributed by atoms with van der Waals surface area (Å²) in [6.45, 7) is 0. The Morgan fingerprint density at radius 2 is 2.19 bits per heavy atom. The van der Waals surface area contributed by atoms with E-state index in [1.165, 1.54) is 12.7 Å². The van der Waals surface area contributed by atoms with Gasteiger partial charge in [-0.3, -0.25) is 0 Å². The predicted octanol–water partition coefficient (Wildman–Crippen LogP) is 0.577. The van der Waals surface area contributed by atoms with E-state index in [-0.39, 0.29) is 11.8 Å². The van der Waals surface area contributed by atoms with Gasteiger partial charge in [0.15, 0.2) is 0 Å². The van der Waals surface area contributed by atoms with E-state index in [0.717, 1.165) is 12.8 Å². The molecule has 2 aliphatic rings. The first-order valence-corrected chi connectivity index (χ1v) is 8.06. The Morgan fingerprint density at radius 3 is 2.62 bits per heavy atom. The zero-order valence-electron chi connectivity index (χ0n) is 9.98. The highest BCUT2D eigenvalue weighted by Gasteiger charge is 2.43. The smallest absolute Gasteiger partial charge is 0.147 e. The number of sulfone groups is 1. The normalized spacial score (nSPS) is 35.5. The van der Waals surface area contributed by atoms with Gasteiger partial charge >= 0.3 is 0 Å². The average molecular weight is 247 g/mol. The number of fused-ring (bicyclic) bond motifs is 2. The Balaban J connectivity index is 1.90. The van der Waals surface area contributed by atoms with Crippen molar-refractivity contribution < 1.29 is 13.2 Å². The van der Waals surface area contributed by atoms with Crippen LogP contribution in [0.3, 0.4) is 0 Å². The summed E-state index contributed by atoms with van der Waals surface area (Å²) in [5, 5.41) is 3.26. The van der Waals surface area contributed by atoms with E-state index in [9.17, 15) is 8.42 Å². The lowest BCUT2D eigenvalue weighted by atomic mass is 9.83. The Bertz CT molecular complexity index is 341. The molecule has 5 heteroatoms. The van der Waals surface area contributed by atoms with Crippen LogP contribution in [0.5, 0.6) is 0 Å². The van der Waals surface area contributed by atoms with E-state index in [1.54, 1.807) is 0 Å². The zero-order chi connectivity index (χ0) is 11.8. The molecule has 0 aromatic carbocycles. The van der Waals surface area contributed by atoms with E-state index in [4.69, 9.17) is 4.74 Å². The van der Waals surface area contributed by atoms with Crippen LogP contribution in [0.2, 0.25) is 0 Å². The van der Waals surface area contributed by atoms with Gasteiger partial charge in [-0.05, 0) is 32.7 Å². The molecule has 2 fully saturated rings. The summed E-state index contributed by atoms with van der Waals surface area (Å²) in [6.07, 6.45) is 6.23. The first-order valence-electron chi connectivity index (χ1n) is 6.00. The molecule has 94 valence electrons. The van der Waals surface area contributed by atoms with E-state index >= 15 is 0 Å². The average Bonchev–Trinajstić information content (AvgIpc) is 2.78. The van der Waals surface area contributed by atoms with Crippen LogP contribution >= 0.6 is 0 Å². The van der Waals surface area contributed by atoms with E-state index in [1.807, 2.05) is 7.05 Å². The lowest BCUT2D eigenvalue weighted by Crippen LogP contribution is -2.40. The summed E-state index contributed by atoms with van der Waals surface area (Å²) in [7, 11) is -0.937. The molecule has 0 aromatic rings. The van der Waals surface area contributed by atoms with Crippen LogP contribution in [0.25, 0.3) is 0 Å². The fraction of sp³-hybridized carbons (Fsp3) is 1.00. The van der Waals surface area contributed by atoms with Crippen LogP contribution in [0.15, 0.2) is 0 Å². The van der Waals surface area contributed by atoms with Crippen LogP contribution in [0.1, 0.15) is 25.7 Å². The van der Waals surface area contributed by atoms with Crippen molar-refractivity contribution in [2.24, 2.45) is 5.92 Å². The van der Waals surface area contributed by atoms with E-state index in [2.05, 4.69) is 5.32 Å². The molecule has 0 aliphatic carbocycles. The van der Waals surface area contributed by atoms with Gasteiger partial charge in [-0.2, -0.15) is 0 Å². The Morgan fingerprint density at radius 1 is 1.44 bits per heavy atom. The lowest BCUT2D eigenvalue weighted by Gasteiger charge is -2.27. The maximum atomic E-state index is 11.2. The topological polar surface area (TPSA) is 55.4 Å². The molecule has 16 heavy (non-hydrogen) atoms. The predicted molar refractivity (Wildman–Crippen MR) is 63.2 cm³/mol. The second kappa shape index (κ2) is 4.63. The fourth-order valence-electron chi connectivity index (χ4n) is 3.01. The molecule has 0 aromatic heterocycles. The van der Waals surface area contributed by atoms with Crippen molar-refractivity contribution >= 4 is 9.84 Å². The fourth-order valence-corrected chi connectivity index (χ4v) is 3.70. The molecule has 4 unspecified atom stereocenters. The summed E-state index contributed by atoms with van der Waals surface area (Å²) in [6, 6.07) is 0.282. The van der Waals surface area contributed by atoms with Gasteiger partial charge in [0.2, 0.25) is 0 Å². The van der Waals surface area contributed by atoms with Gasteiger partial charge in [0.05, 0.1) is 18.0 Å². The largest absolute Gasteiger partial charge is 0.375 e. The van der Waals surface area contributed by atoms with Crippen molar-refractivity contribution in [3.8, 4) is 0 Å². The van der Waals surface area contributed by atoms with Crippen molar-refractivity contribution in [2.45, 2.75) is 43.9 Å². The molecule has 2 rings (SSSR count). The van der Waals surface area contributed by atoms with Gasteiger partial charge in [-0.15, -0.1) is 0 Å². The highest BCUT2D eigenvalue weighted by atomic mass is 32.2. The standard InChI is InChI=1S/C11H21NO3S/c1-12-10(5-6-16(2,13)14)9-7-8-3-4-11(9)15-8/h8-12H,3-7H2,1-2H3. The van der Waals surface area contributed by atoms with Gasteiger partial charge in [0, 0.05) is 18.2 Å². The number of hydrogen-bond acceptors (Lipinski definition) is 4. The van der Waals surface area contributed by atoms with Gasteiger partial charge in [-0.25, -0.2) is 8.42 Å². The van der Waals surface area contributed by atoms with Crippen LogP contribution in [0.4, 0.5) is 0 Å². The van der Waals surface area contributed by atoms with Crippen molar-refractivity contribution in [1.82, 2.24) is 5.32 Å². The molecule has 0 radical (unpaired) electrons. The summed E-state index contributed by atoms with van der Waals surface area (Å²) >= 11 is 0. The second-order valence-electron chi connectivity index (χ2n) is 5.09. The van der Waals surface area contributed by atoms with Crippen LogP contribution in [-0.4, -0.2) is 45.7 Å². The molecule has 2 saturated heterocycles.